The molecular weight excluding hydrogens is 766 g/mol. The van der Waals surface area contributed by atoms with Gasteiger partial charge < -0.3 is 49.4 Å². The molecule has 5 N–H and O–H groups in total. The van der Waals surface area contributed by atoms with Crippen LogP contribution in [-0.2, 0) is 38.1 Å². The van der Waals surface area contributed by atoms with Crippen LogP contribution < -0.4 is 10.1 Å². The number of ether oxygens (including phenoxy) is 5. The molecule has 10 atom stereocenters. The van der Waals surface area contributed by atoms with E-state index in [2.05, 4.69) is 5.32 Å². The number of nitrogens with one attached hydrogen (secondary N) is 1. The van der Waals surface area contributed by atoms with Gasteiger partial charge in [0.1, 0.15) is 29.7 Å². The average molecular weight is 824 g/mol. The lowest BCUT2D eigenvalue weighted by molar-refractivity contribution is -0.291. The van der Waals surface area contributed by atoms with E-state index in [9.17, 15) is 44.4 Å². The molecule has 2 aromatic carbocycles. The molecule has 0 bridgehead atoms. The second kappa shape index (κ2) is 16.8. The standard InChI is InChI=1S/C44H57NO14/c1-24-29(57-38(52)35(49)33(27-16-12-10-13-17-27)45-39(53)59-40(4,5)6)21-44(54,25(2)37(51)56-28-18-14-11-15-19-28)41(7,8)32(24)34(48)36(50)42(9)22-43(58-26(3)46)23-55-31(43)20-30(42)47/h10-19,25,29-31,33-35,47-49,54H,20-23H2,1-9H3,(H,45,53)/t25-,29?,30+,31?,33?,34?,35?,42+,43?,44-/m1/s1. The van der Waals surface area contributed by atoms with E-state index in [1.807, 2.05) is 0 Å². The van der Waals surface area contributed by atoms with Crippen LogP contribution in [0.4, 0.5) is 4.79 Å². The van der Waals surface area contributed by atoms with E-state index in [-0.39, 0.29) is 36.3 Å². The lowest BCUT2D eigenvalue weighted by atomic mass is 9.54. The van der Waals surface area contributed by atoms with Crippen molar-refractivity contribution < 1.29 is 68.1 Å². The Labute approximate surface area is 344 Å². The van der Waals surface area contributed by atoms with E-state index >= 15 is 0 Å². The highest BCUT2D eigenvalue weighted by Crippen LogP contribution is 2.56. The van der Waals surface area contributed by atoms with Crippen LogP contribution in [0.25, 0.3) is 0 Å². The number of aliphatic hydroxyl groups excluding tert-OH is 3. The van der Waals surface area contributed by atoms with Crippen molar-refractivity contribution in [3.8, 4) is 5.75 Å². The maximum Gasteiger partial charge on any atom is 0.408 e. The zero-order chi connectivity index (χ0) is 43.9. The molecule has 6 unspecified atom stereocenters. The molecule has 0 radical (unpaired) electrons. The molecule has 5 rings (SSSR count). The minimum atomic E-state index is -2.20. The molecule has 1 saturated carbocycles. The summed E-state index contributed by atoms with van der Waals surface area (Å²) in [4.78, 5) is 67.6. The van der Waals surface area contributed by atoms with Crippen molar-refractivity contribution in [2.24, 2.45) is 16.7 Å². The lowest BCUT2D eigenvalue weighted by Crippen LogP contribution is -2.70. The molecule has 3 aliphatic rings. The Kier molecular flexibility index (Phi) is 12.9. The molecule has 2 aromatic rings. The second-order valence-corrected chi connectivity index (χ2v) is 17.8. The number of aliphatic hydroxyl groups is 4. The predicted molar refractivity (Wildman–Crippen MR) is 210 cm³/mol. The van der Waals surface area contributed by atoms with Gasteiger partial charge in [-0.25, -0.2) is 9.59 Å². The van der Waals surface area contributed by atoms with Crippen LogP contribution >= 0.6 is 0 Å². The number of hydrogen-bond donors (Lipinski definition) is 5. The first-order valence-electron chi connectivity index (χ1n) is 19.7. The minimum Gasteiger partial charge on any atom is -0.456 e. The SMILES string of the molecule is CC(=O)OC12COC1C[C@H](O)[C@@](C)(C(=O)C(O)C1=C(C)C(OC(=O)C(O)C(NC(=O)OC(C)(C)C)c3ccccc3)C[C@@](O)([C@H](C)C(=O)Oc3ccccc3)C1(C)C)C2. The first-order chi connectivity index (χ1) is 27.4. The van der Waals surface area contributed by atoms with Crippen molar-refractivity contribution in [2.75, 3.05) is 6.61 Å². The Morgan fingerprint density at radius 3 is 2.07 bits per heavy atom. The number of hydrogen-bond acceptors (Lipinski definition) is 14. The summed E-state index contributed by atoms with van der Waals surface area (Å²) < 4.78 is 28.2. The monoisotopic (exact) mass is 823 g/mol. The topological polar surface area (TPSA) is 224 Å². The summed E-state index contributed by atoms with van der Waals surface area (Å²) in [6.07, 6.45) is -9.22. The number of ketones is 1. The quantitative estimate of drug-likeness (QED) is 0.0883. The fourth-order valence-electron chi connectivity index (χ4n) is 8.82. The molecule has 1 amide bonds. The van der Waals surface area contributed by atoms with E-state index < -0.39 is 106 Å². The summed E-state index contributed by atoms with van der Waals surface area (Å²) >= 11 is 0. The maximum atomic E-state index is 14.7. The molecule has 0 aromatic heterocycles. The third-order valence-electron chi connectivity index (χ3n) is 12.2. The summed E-state index contributed by atoms with van der Waals surface area (Å²) in [5.41, 5.74) is -7.30. The van der Waals surface area contributed by atoms with Crippen molar-refractivity contribution >= 4 is 29.8 Å². The summed E-state index contributed by atoms with van der Waals surface area (Å²) in [6, 6.07) is 14.9. The maximum absolute atomic E-state index is 14.7. The van der Waals surface area contributed by atoms with Crippen molar-refractivity contribution in [2.45, 2.75) is 135 Å². The Bertz CT molecular complexity index is 1940. The number of fused-ring (bicyclic) bond motifs is 1. The van der Waals surface area contributed by atoms with Gasteiger partial charge in [-0.15, -0.1) is 0 Å². The fourth-order valence-corrected chi connectivity index (χ4v) is 8.82. The predicted octanol–water partition coefficient (Wildman–Crippen LogP) is 4.04. The largest absolute Gasteiger partial charge is 0.456 e. The van der Waals surface area contributed by atoms with Crippen LogP contribution in [0.1, 0.15) is 93.2 Å². The third kappa shape index (κ3) is 8.95. The number of para-hydroxylation sites is 1. The Morgan fingerprint density at radius 2 is 1.53 bits per heavy atom. The second-order valence-electron chi connectivity index (χ2n) is 17.8. The van der Waals surface area contributed by atoms with Gasteiger partial charge in [-0.05, 0) is 70.4 Å². The van der Waals surface area contributed by atoms with Crippen LogP contribution in [0.5, 0.6) is 5.75 Å². The van der Waals surface area contributed by atoms with Gasteiger partial charge in [0.15, 0.2) is 17.5 Å². The van der Waals surface area contributed by atoms with Crippen molar-refractivity contribution in [3.63, 3.8) is 0 Å². The van der Waals surface area contributed by atoms with Gasteiger partial charge in [0.2, 0.25) is 0 Å². The number of carbonyl (C=O) groups excluding carboxylic acids is 5. The molecule has 59 heavy (non-hydrogen) atoms. The number of esters is 3. The van der Waals surface area contributed by atoms with Crippen LogP contribution in [0.15, 0.2) is 71.8 Å². The fraction of sp³-hybridized carbons (Fsp3) is 0.568. The first-order valence-corrected chi connectivity index (χ1v) is 19.7. The summed E-state index contributed by atoms with van der Waals surface area (Å²) in [5, 5.41) is 50.6. The van der Waals surface area contributed by atoms with Gasteiger partial charge in [-0.3, -0.25) is 14.4 Å². The highest BCUT2D eigenvalue weighted by atomic mass is 16.6. The average Bonchev–Trinajstić information content (AvgIpc) is 3.15. The van der Waals surface area contributed by atoms with E-state index in [0.717, 1.165) is 0 Å². The molecule has 0 spiro atoms. The molecule has 1 heterocycles. The van der Waals surface area contributed by atoms with Gasteiger partial charge in [0, 0.05) is 31.6 Å². The van der Waals surface area contributed by atoms with Gasteiger partial charge >= 0.3 is 24.0 Å². The van der Waals surface area contributed by atoms with E-state index in [4.69, 9.17) is 23.7 Å². The van der Waals surface area contributed by atoms with E-state index in [1.54, 1.807) is 81.4 Å². The normalized spacial score (nSPS) is 29.6. The van der Waals surface area contributed by atoms with E-state index in [0.29, 0.717) is 5.56 Å². The lowest BCUT2D eigenvalue weighted by Gasteiger charge is -2.57. The Morgan fingerprint density at radius 1 is 0.932 bits per heavy atom. The van der Waals surface area contributed by atoms with Crippen LogP contribution in [0.2, 0.25) is 0 Å². The summed E-state index contributed by atoms with van der Waals surface area (Å²) in [7, 11) is 0. The number of benzene rings is 2. The molecule has 322 valence electrons. The van der Waals surface area contributed by atoms with Gasteiger partial charge in [0.05, 0.1) is 35.7 Å². The molecule has 15 heteroatoms. The molecule has 2 aliphatic carbocycles. The Hall–Kier alpha value is -4.67. The molecule has 2 fully saturated rings. The number of rotatable bonds is 12. The van der Waals surface area contributed by atoms with Crippen LogP contribution in [0.3, 0.4) is 0 Å². The van der Waals surface area contributed by atoms with Crippen molar-refractivity contribution in [3.05, 3.63) is 77.4 Å². The smallest absolute Gasteiger partial charge is 0.408 e. The summed E-state index contributed by atoms with van der Waals surface area (Å²) in [6.45, 7) is 13.6. The van der Waals surface area contributed by atoms with Crippen molar-refractivity contribution in [1.29, 1.82) is 0 Å². The summed E-state index contributed by atoms with van der Waals surface area (Å²) in [5.74, 6) is -4.77. The highest BCUT2D eigenvalue weighted by molar-refractivity contribution is 5.92. The third-order valence-corrected chi connectivity index (χ3v) is 12.2. The van der Waals surface area contributed by atoms with E-state index in [1.165, 1.54) is 41.5 Å². The van der Waals surface area contributed by atoms with Gasteiger partial charge in [0.25, 0.3) is 0 Å². The molecular formula is C44H57NO14. The minimum absolute atomic E-state index is 0.0238. The van der Waals surface area contributed by atoms with Crippen LogP contribution in [0, 0.1) is 16.7 Å². The number of Topliss-reactive ketones (excluding diaryl/α,β-unsaturated/α-hetero) is 1. The number of amides is 1. The zero-order valence-electron chi connectivity index (χ0n) is 35.0. The first kappa shape index (κ1) is 45.4. The molecule has 15 nitrogen and oxygen atoms in total. The molecule has 1 aliphatic heterocycles. The molecule has 1 saturated heterocycles. The Balaban J connectivity index is 1.55. The van der Waals surface area contributed by atoms with Crippen molar-refractivity contribution in [1.82, 2.24) is 5.32 Å². The number of alkyl carbamates (subject to hydrolysis) is 1. The van der Waals surface area contributed by atoms with Gasteiger partial charge in [-0.1, -0.05) is 62.4 Å². The number of carbonyl (C=O) groups is 5. The highest BCUT2D eigenvalue weighted by Gasteiger charge is 2.66. The zero-order valence-corrected chi connectivity index (χ0v) is 35.0. The van der Waals surface area contributed by atoms with Gasteiger partial charge in [-0.2, -0.15) is 0 Å². The van der Waals surface area contributed by atoms with Crippen LogP contribution in [-0.4, -0.2) is 104 Å².